The van der Waals surface area contributed by atoms with Crippen LogP contribution in [-0.2, 0) is 6.54 Å². The quantitative estimate of drug-likeness (QED) is 0.883. The van der Waals surface area contributed by atoms with Crippen LogP contribution < -0.4 is 0 Å². The SMILES string of the molecule is Oc1ccc(Br)cc1C=NCc1cccnc1. The number of nitrogens with zero attached hydrogens (tertiary/aromatic N) is 2. The molecule has 0 aliphatic heterocycles. The van der Waals surface area contributed by atoms with E-state index in [0.29, 0.717) is 12.1 Å². The largest absolute Gasteiger partial charge is 0.507 e. The Hall–Kier alpha value is -1.68. The minimum atomic E-state index is 0.225. The van der Waals surface area contributed by atoms with Gasteiger partial charge in [-0.1, -0.05) is 22.0 Å². The normalized spacial score (nSPS) is 10.9. The van der Waals surface area contributed by atoms with Gasteiger partial charge in [0.05, 0.1) is 6.54 Å². The van der Waals surface area contributed by atoms with E-state index in [2.05, 4.69) is 25.9 Å². The van der Waals surface area contributed by atoms with E-state index in [4.69, 9.17) is 0 Å². The summed E-state index contributed by atoms with van der Waals surface area (Å²) in [6.07, 6.45) is 5.17. The second-order valence-corrected chi connectivity index (χ2v) is 4.45. The van der Waals surface area contributed by atoms with Crippen molar-refractivity contribution < 1.29 is 5.11 Å². The predicted molar refractivity (Wildman–Crippen MR) is 71.3 cm³/mol. The molecule has 0 radical (unpaired) electrons. The number of aliphatic imine (C=N–C) groups is 1. The molecule has 2 rings (SSSR count). The highest BCUT2D eigenvalue weighted by Gasteiger charge is 1.98. The Bertz CT molecular complexity index is 526. The third kappa shape index (κ3) is 3.39. The minimum Gasteiger partial charge on any atom is -0.507 e. The number of benzene rings is 1. The van der Waals surface area contributed by atoms with E-state index >= 15 is 0 Å². The molecule has 0 fully saturated rings. The van der Waals surface area contributed by atoms with Gasteiger partial charge in [-0.05, 0) is 29.8 Å². The molecule has 0 aliphatic rings. The van der Waals surface area contributed by atoms with Gasteiger partial charge < -0.3 is 5.11 Å². The number of aromatic nitrogens is 1. The fourth-order valence-corrected chi connectivity index (χ4v) is 1.75. The van der Waals surface area contributed by atoms with Gasteiger partial charge in [-0.2, -0.15) is 0 Å². The Morgan fingerprint density at radius 1 is 1.35 bits per heavy atom. The Labute approximate surface area is 108 Å². The van der Waals surface area contributed by atoms with Crippen LogP contribution in [0.5, 0.6) is 5.75 Å². The molecule has 86 valence electrons. The van der Waals surface area contributed by atoms with E-state index in [1.54, 1.807) is 30.7 Å². The average Bonchev–Trinajstić information content (AvgIpc) is 2.35. The predicted octanol–water partition coefficient (Wildman–Crippen LogP) is 3.17. The summed E-state index contributed by atoms with van der Waals surface area (Å²) >= 11 is 3.35. The fourth-order valence-electron chi connectivity index (χ4n) is 1.37. The molecule has 0 spiro atoms. The summed E-state index contributed by atoms with van der Waals surface area (Å²) < 4.78 is 0.915. The molecular formula is C13H11BrN2O. The van der Waals surface area contributed by atoms with E-state index in [9.17, 15) is 5.11 Å². The van der Waals surface area contributed by atoms with Crippen LogP contribution >= 0.6 is 15.9 Å². The molecule has 17 heavy (non-hydrogen) atoms. The van der Waals surface area contributed by atoms with Crippen molar-refractivity contribution in [3.63, 3.8) is 0 Å². The molecule has 4 heteroatoms. The molecule has 3 nitrogen and oxygen atoms in total. The van der Waals surface area contributed by atoms with Crippen LogP contribution in [0.4, 0.5) is 0 Å². The van der Waals surface area contributed by atoms with Gasteiger partial charge in [-0.25, -0.2) is 0 Å². The maximum absolute atomic E-state index is 9.61. The van der Waals surface area contributed by atoms with Crippen LogP contribution in [0.25, 0.3) is 0 Å². The number of hydrogen-bond acceptors (Lipinski definition) is 3. The second-order valence-electron chi connectivity index (χ2n) is 3.53. The number of aromatic hydroxyl groups is 1. The average molecular weight is 291 g/mol. The summed E-state index contributed by atoms with van der Waals surface area (Å²) in [4.78, 5) is 8.28. The van der Waals surface area contributed by atoms with Crippen molar-refractivity contribution in [2.24, 2.45) is 4.99 Å². The second kappa shape index (κ2) is 5.59. The van der Waals surface area contributed by atoms with Gasteiger partial charge in [0.25, 0.3) is 0 Å². The summed E-state index contributed by atoms with van der Waals surface area (Å²) in [7, 11) is 0. The highest BCUT2D eigenvalue weighted by atomic mass is 79.9. The molecule has 1 aromatic carbocycles. The first-order valence-corrected chi connectivity index (χ1v) is 5.92. The van der Waals surface area contributed by atoms with Gasteiger partial charge in [-0.3, -0.25) is 9.98 Å². The lowest BCUT2D eigenvalue weighted by atomic mass is 10.2. The molecule has 1 N–H and O–H groups in total. The summed E-state index contributed by atoms with van der Waals surface area (Å²) in [6, 6.07) is 9.08. The number of phenols is 1. The lowest BCUT2D eigenvalue weighted by Gasteiger charge is -1.99. The number of hydrogen-bond donors (Lipinski definition) is 1. The zero-order valence-electron chi connectivity index (χ0n) is 9.05. The van der Waals surface area contributed by atoms with Gasteiger partial charge in [0.2, 0.25) is 0 Å². The molecule has 0 saturated heterocycles. The summed E-state index contributed by atoms with van der Waals surface area (Å²) in [5.41, 5.74) is 1.74. The topological polar surface area (TPSA) is 45.5 Å². The monoisotopic (exact) mass is 290 g/mol. The lowest BCUT2D eigenvalue weighted by molar-refractivity contribution is 0.474. The van der Waals surface area contributed by atoms with Gasteiger partial charge in [0, 0.05) is 28.6 Å². The maximum atomic E-state index is 9.61. The van der Waals surface area contributed by atoms with Crippen molar-refractivity contribution in [2.45, 2.75) is 6.54 Å². The molecular weight excluding hydrogens is 280 g/mol. The van der Waals surface area contributed by atoms with Gasteiger partial charge in [-0.15, -0.1) is 0 Å². The fraction of sp³-hybridized carbons (Fsp3) is 0.0769. The standard InChI is InChI=1S/C13H11BrN2O/c14-12-3-4-13(17)11(6-12)9-16-8-10-2-1-5-15-7-10/h1-7,9,17H,8H2. The molecule has 0 bridgehead atoms. The van der Waals surface area contributed by atoms with E-state index in [1.165, 1.54) is 0 Å². The lowest BCUT2D eigenvalue weighted by Crippen LogP contribution is -1.86. The molecule has 1 heterocycles. The van der Waals surface area contributed by atoms with E-state index in [1.807, 2.05) is 18.2 Å². The highest BCUT2D eigenvalue weighted by Crippen LogP contribution is 2.20. The number of halogens is 1. The Morgan fingerprint density at radius 2 is 2.24 bits per heavy atom. The van der Waals surface area contributed by atoms with Crippen LogP contribution in [0.3, 0.4) is 0 Å². The Morgan fingerprint density at radius 3 is 3.00 bits per heavy atom. The molecule has 0 atom stereocenters. The van der Waals surface area contributed by atoms with Crippen molar-refractivity contribution >= 4 is 22.1 Å². The van der Waals surface area contributed by atoms with E-state index in [-0.39, 0.29) is 5.75 Å². The first kappa shape index (κ1) is 11.8. The van der Waals surface area contributed by atoms with E-state index in [0.717, 1.165) is 10.0 Å². The third-order valence-corrected chi connectivity index (χ3v) is 2.71. The van der Waals surface area contributed by atoms with Crippen molar-refractivity contribution in [3.05, 3.63) is 58.3 Å². The van der Waals surface area contributed by atoms with Crippen LogP contribution in [0, 0.1) is 0 Å². The van der Waals surface area contributed by atoms with Crippen molar-refractivity contribution in [2.75, 3.05) is 0 Å². The highest BCUT2D eigenvalue weighted by molar-refractivity contribution is 9.10. The van der Waals surface area contributed by atoms with Crippen LogP contribution in [0.15, 0.2) is 52.2 Å². The Kier molecular flexibility index (Phi) is 3.88. The third-order valence-electron chi connectivity index (χ3n) is 2.22. The van der Waals surface area contributed by atoms with Gasteiger partial charge in [0.15, 0.2) is 0 Å². The molecule has 0 unspecified atom stereocenters. The van der Waals surface area contributed by atoms with E-state index < -0.39 is 0 Å². The number of phenolic OH excluding ortho intramolecular Hbond substituents is 1. The zero-order chi connectivity index (χ0) is 12.1. The minimum absolute atomic E-state index is 0.225. The first-order valence-electron chi connectivity index (χ1n) is 5.13. The zero-order valence-corrected chi connectivity index (χ0v) is 10.6. The first-order chi connectivity index (χ1) is 8.25. The molecule has 0 aliphatic carbocycles. The molecule has 1 aromatic heterocycles. The van der Waals surface area contributed by atoms with Gasteiger partial charge >= 0.3 is 0 Å². The summed E-state index contributed by atoms with van der Waals surface area (Å²) in [5, 5.41) is 9.61. The molecule has 0 saturated carbocycles. The number of pyridine rings is 1. The summed E-state index contributed by atoms with van der Waals surface area (Å²) in [6.45, 7) is 0.555. The van der Waals surface area contributed by atoms with Crippen LogP contribution in [0.1, 0.15) is 11.1 Å². The smallest absolute Gasteiger partial charge is 0.124 e. The van der Waals surface area contributed by atoms with Gasteiger partial charge in [0.1, 0.15) is 5.75 Å². The maximum Gasteiger partial charge on any atom is 0.124 e. The van der Waals surface area contributed by atoms with Crippen molar-refractivity contribution in [1.82, 2.24) is 4.98 Å². The Balaban J connectivity index is 2.08. The van der Waals surface area contributed by atoms with Crippen molar-refractivity contribution in [3.8, 4) is 5.75 Å². The van der Waals surface area contributed by atoms with Crippen LogP contribution in [-0.4, -0.2) is 16.3 Å². The summed E-state index contributed by atoms with van der Waals surface area (Å²) in [5.74, 6) is 0.225. The van der Waals surface area contributed by atoms with Crippen molar-refractivity contribution in [1.29, 1.82) is 0 Å². The molecule has 2 aromatic rings. The molecule has 0 amide bonds. The van der Waals surface area contributed by atoms with Crippen LogP contribution in [0.2, 0.25) is 0 Å². The number of rotatable bonds is 3.